The van der Waals surface area contributed by atoms with Crippen LogP contribution in [0, 0.1) is 0 Å². The number of carbonyl (C=O) groups is 2. The quantitative estimate of drug-likeness (QED) is 0.211. The molecule has 1 saturated heterocycles. The van der Waals surface area contributed by atoms with E-state index in [0.29, 0.717) is 40.3 Å². The number of imidazole rings is 2. The lowest BCUT2D eigenvalue weighted by atomic mass is 10.0. The van der Waals surface area contributed by atoms with Crippen molar-refractivity contribution in [1.82, 2.24) is 29.9 Å². The molecule has 6 rings (SSSR count). The Morgan fingerprint density at radius 1 is 1.21 bits per heavy atom. The van der Waals surface area contributed by atoms with Crippen LogP contribution in [0.5, 0.6) is 5.75 Å². The first kappa shape index (κ1) is 24.5. The van der Waals surface area contributed by atoms with Crippen molar-refractivity contribution >= 4 is 45.6 Å². The third-order valence-corrected chi connectivity index (χ3v) is 7.02. The Hall–Kier alpha value is -4.84. The van der Waals surface area contributed by atoms with Gasteiger partial charge in [-0.1, -0.05) is 18.2 Å². The molecule has 2 atom stereocenters. The van der Waals surface area contributed by atoms with Crippen LogP contribution >= 0.6 is 0 Å². The Morgan fingerprint density at radius 2 is 2.13 bits per heavy atom. The first-order valence-electron chi connectivity index (χ1n) is 12.7. The van der Waals surface area contributed by atoms with Crippen LogP contribution in [0.1, 0.15) is 28.9 Å². The van der Waals surface area contributed by atoms with E-state index in [2.05, 4.69) is 40.1 Å². The van der Waals surface area contributed by atoms with Gasteiger partial charge < -0.3 is 30.7 Å². The Balaban J connectivity index is 1.24. The zero-order valence-corrected chi connectivity index (χ0v) is 21.0. The standard InChI is InChI=1S/C27H27N9O3/c28-20(9-17-10-29-13-30-17)27(38)35-21-7-6-16-3-1-5-22(23(16)19(21)11-37)39-12-18-4-2-8-36(18)26-24-25(32-14-31-24)33-15-34-26/h1,3,5-7,10-11,13-15,18,20H,2,4,8-9,12,28H2,(H,29,30)(H,35,38)(H,31,32,33,34)/t18-,20+/m1/s1. The molecule has 0 aliphatic carbocycles. The summed E-state index contributed by atoms with van der Waals surface area (Å²) in [6.07, 6.45) is 9.29. The number of H-pyrrole nitrogens is 2. The number of anilines is 2. The number of hydrogen-bond donors (Lipinski definition) is 4. The van der Waals surface area contributed by atoms with Gasteiger partial charge in [0.05, 0.1) is 36.1 Å². The van der Waals surface area contributed by atoms with Gasteiger partial charge in [0.15, 0.2) is 17.8 Å². The molecule has 0 unspecified atom stereocenters. The second kappa shape index (κ2) is 10.5. The maximum atomic E-state index is 12.8. The van der Waals surface area contributed by atoms with Gasteiger partial charge >= 0.3 is 0 Å². The lowest BCUT2D eigenvalue weighted by molar-refractivity contribution is -0.117. The topological polar surface area (TPSA) is 168 Å². The number of aromatic nitrogens is 6. The van der Waals surface area contributed by atoms with Crippen molar-refractivity contribution in [2.45, 2.75) is 31.3 Å². The van der Waals surface area contributed by atoms with Crippen LogP contribution in [0.25, 0.3) is 21.9 Å². The first-order chi connectivity index (χ1) is 19.1. The summed E-state index contributed by atoms with van der Waals surface area (Å²) >= 11 is 0. The van der Waals surface area contributed by atoms with Gasteiger partial charge in [0.1, 0.15) is 24.2 Å². The van der Waals surface area contributed by atoms with Gasteiger partial charge in [0.25, 0.3) is 0 Å². The largest absolute Gasteiger partial charge is 0.491 e. The van der Waals surface area contributed by atoms with Crippen LogP contribution in [0.2, 0.25) is 0 Å². The summed E-state index contributed by atoms with van der Waals surface area (Å²) in [4.78, 5) is 50.5. The molecule has 5 N–H and O–H groups in total. The van der Waals surface area contributed by atoms with Crippen molar-refractivity contribution in [2.75, 3.05) is 23.4 Å². The van der Waals surface area contributed by atoms with E-state index >= 15 is 0 Å². The number of nitrogens with zero attached hydrogens (tertiary/aromatic N) is 5. The molecule has 0 spiro atoms. The molecule has 0 bridgehead atoms. The first-order valence-corrected chi connectivity index (χ1v) is 12.7. The molecule has 12 nitrogen and oxygen atoms in total. The fourth-order valence-corrected chi connectivity index (χ4v) is 5.11. The lowest BCUT2D eigenvalue weighted by Gasteiger charge is -2.26. The fourth-order valence-electron chi connectivity index (χ4n) is 5.11. The molecule has 3 aromatic heterocycles. The maximum absolute atomic E-state index is 12.8. The van der Waals surface area contributed by atoms with Crippen LogP contribution in [0.4, 0.5) is 11.5 Å². The van der Waals surface area contributed by atoms with Crippen molar-refractivity contribution in [3.63, 3.8) is 0 Å². The number of nitrogens with one attached hydrogen (secondary N) is 3. The molecule has 0 radical (unpaired) electrons. The van der Waals surface area contributed by atoms with Gasteiger partial charge in [0.2, 0.25) is 5.91 Å². The Kier molecular flexibility index (Phi) is 6.59. The average molecular weight is 526 g/mol. The molecule has 1 aliphatic heterocycles. The Labute approximate surface area is 223 Å². The van der Waals surface area contributed by atoms with Gasteiger partial charge in [-0.3, -0.25) is 9.59 Å². The monoisotopic (exact) mass is 525 g/mol. The van der Waals surface area contributed by atoms with E-state index in [0.717, 1.165) is 42.4 Å². The molecule has 12 heteroatoms. The third kappa shape index (κ3) is 4.77. The smallest absolute Gasteiger partial charge is 0.241 e. The summed E-state index contributed by atoms with van der Waals surface area (Å²) in [7, 11) is 0. The number of fused-ring (bicyclic) bond motifs is 2. The highest BCUT2D eigenvalue weighted by atomic mass is 16.5. The number of ether oxygens (including phenoxy) is 1. The maximum Gasteiger partial charge on any atom is 0.241 e. The number of nitrogens with two attached hydrogens (primary N) is 1. The molecule has 198 valence electrons. The highest BCUT2D eigenvalue weighted by Gasteiger charge is 2.29. The molecule has 4 heterocycles. The summed E-state index contributed by atoms with van der Waals surface area (Å²) in [5.41, 5.74) is 8.90. The minimum absolute atomic E-state index is 0.0673. The third-order valence-electron chi connectivity index (χ3n) is 7.02. The normalized spacial score (nSPS) is 16.0. The molecule has 5 aromatic rings. The van der Waals surface area contributed by atoms with Gasteiger partial charge in [-0.25, -0.2) is 19.9 Å². The van der Waals surface area contributed by atoms with Crippen LogP contribution in [-0.2, 0) is 11.2 Å². The Bertz CT molecular complexity index is 1630. The van der Waals surface area contributed by atoms with Crippen molar-refractivity contribution in [3.8, 4) is 5.75 Å². The molecular formula is C27H27N9O3. The van der Waals surface area contributed by atoms with E-state index in [4.69, 9.17) is 10.5 Å². The number of aldehydes is 1. The minimum atomic E-state index is -0.828. The number of hydrogen-bond acceptors (Lipinski definition) is 9. The predicted octanol–water partition coefficient (Wildman–Crippen LogP) is 2.60. The van der Waals surface area contributed by atoms with Crippen molar-refractivity contribution in [1.29, 1.82) is 0 Å². The molecular weight excluding hydrogens is 498 g/mol. The van der Waals surface area contributed by atoms with E-state index < -0.39 is 11.9 Å². The number of benzene rings is 2. The zero-order valence-electron chi connectivity index (χ0n) is 21.0. The summed E-state index contributed by atoms with van der Waals surface area (Å²) in [5.74, 6) is 0.927. The second-order valence-corrected chi connectivity index (χ2v) is 9.46. The predicted molar refractivity (Wildman–Crippen MR) is 146 cm³/mol. The zero-order chi connectivity index (χ0) is 26.8. The van der Waals surface area contributed by atoms with Crippen LogP contribution in [0.15, 0.2) is 55.5 Å². The minimum Gasteiger partial charge on any atom is -0.491 e. The average Bonchev–Trinajstić information content (AvgIpc) is 3.74. The van der Waals surface area contributed by atoms with Crippen LogP contribution < -0.4 is 20.7 Å². The molecule has 1 fully saturated rings. The lowest BCUT2D eigenvalue weighted by Crippen LogP contribution is -2.37. The SMILES string of the molecule is N[C@@H](Cc1c[nH]cn1)C(=O)Nc1ccc2cccc(OC[C@H]3CCCN3c3ncnc4[nH]cnc34)c2c1C=O. The number of aromatic amines is 2. The fraction of sp³-hybridized carbons (Fsp3) is 0.259. The van der Waals surface area contributed by atoms with E-state index in [-0.39, 0.29) is 12.5 Å². The second-order valence-electron chi connectivity index (χ2n) is 9.46. The number of carbonyl (C=O) groups excluding carboxylic acids is 2. The molecule has 0 saturated carbocycles. The summed E-state index contributed by atoms with van der Waals surface area (Å²) in [6, 6.07) is 8.41. The van der Waals surface area contributed by atoms with Gasteiger partial charge in [0, 0.05) is 30.1 Å². The summed E-state index contributed by atoms with van der Waals surface area (Å²) in [6.45, 7) is 1.22. The summed E-state index contributed by atoms with van der Waals surface area (Å²) < 4.78 is 6.35. The molecule has 1 amide bonds. The van der Waals surface area contributed by atoms with E-state index in [1.807, 2.05) is 24.3 Å². The number of rotatable bonds is 9. The van der Waals surface area contributed by atoms with Crippen molar-refractivity contribution in [2.24, 2.45) is 5.73 Å². The number of amides is 1. The van der Waals surface area contributed by atoms with E-state index in [9.17, 15) is 9.59 Å². The van der Waals surface area contributed by atoms with Crippen molar-refractivity contribution in [3.05, 3.63) is 66.8 Å². The Morgan fingerprint density at radius 3 is 2.97 bits per heavy atom. The highest BCUT2D eigenvalue weighted by molar-refractivity contribution is 6.09. The summed E-state index contributed by atoms with van der Waals surface area (Å²) in [5, 5.41) is 4.27. The van der Waals surface area contributed by atoms with Crippen LogP contribution in [-0.4, -0.2) is 67.3 Å². The molecule has 39 heavy (non-hydrogen) atoms. The van der Waals surface area contributed by atoms with E-state index in [1.54, 1.807) is 18.6 Å². The molecule has 2 aromatic carbocycles. The van der Waals surface area contributed by atoms with Gasteiger partial charge in [-0.2, -0.15) is 0 Å². The van der Waals surface area contributed by atoms with Gasteiger partial charge in [-0.05, 0) is 30.4 Å². The molecule has 1 aliphatic rings. The van der Waals surface area contributed by atoms with E-state index in [1.165, 1.54) is 12.7 Å². The van der Waals surface area contributed by atoms with Crippen molar-refractivity contribution < 1.29 is 14.3 Å². The highest BCUT2D eigenvalue weighted by Crippen LogP contribution is 2.34. The van der Waals surface area contributed by atoms with Gasteiger partial charge in [-0.15, -0.1) is 0 Å². The van der Waals surface area contributed by atoms with Crippen LogP contribution in [0.3, 0.4) is 0 Å².